The Hall–Kier alpha value is -1.83. The fourth-order valence-corrected chi connectivity index (χ4v) is 1.80. The molecule has 1 aromatic rings. The summed E-state index contributed by atoms with van der Waals surface area (Å²) >= 11 is 0. The fourth-order valence-electron chi connectivity index (χ4n) is 1.80. The highest BCUT2D eigenvalue weighted by molar-refractivity contribution is 5.72. The molecule has 0 bridgehead atoms. The van der Waals surface area contributed by atoms with Crippen molar-refractivity contribution in [2.75, 3.05) is 6.61 Å². The maximum Gasteiger partial charge on any atom is 0.310 e. The molecule has 0 radical (unpaired) electrons. The maximum absolute atomic E-state index is 11.7. The zero-order chi connectivity index (χ0) is 14.8. The number of carbonyl (C=O) groups is 1. The number of carbonyl (C=O) groups excluding carboxylic acids is 1. The van der Waals surface area contributed by atoms with Gasteiger partial charge < -0.3 is 4.74 Å². The summed E-state index contributed by atoms with van der Waals surface area (Å²) in [5.74, 6) is 0.0622. The predicted octanol–water partition coefficient (Wildman–Crippen LogP) is 4.32. The average Bonchev–Trinajstić information content (AvgIpc) is 2.44. The number of hydrogen-bond donors (Lipinski definition) is 0. The molecule has 1 rings (SSSR count). The number of allylic oxidation sites excluding steroid dienone is 3. The molecule has 20 heavy (non-hydrogen) atoms. The molecule has 108 valence electrons. The minimum absolute atomic E-state index is 0.169. The van der Waals surface area contributed by atoms with E-state index >= 15 is 0 Å². The number of hydrogen-bond acceptors (Lipinski definition) is 2. The Morgan fingerprint density at radius 3 is 2.65 bits per heavy atom. The van der Waals surface area contributed by atoms with Crippen LogP contribution in [0.25, 0.3) is 0 Å². The first-order valence-corrected chi connectivity index (χ1v) is 7.16. The van der Waals surface area contributed by atoms with Crippen molar-refractivity contribution < 1.29 is 9.53 Å². The first kappa shape index (κ1) is 16.2. The van der Waals surface area contributed by atoms with Gasteiger partial charge in [0.2, 0.25) is 0 Å². The molecule has 0 amide bonds. The fraction of sp³-hybridized carbons (Fsp3) is 0.389. The summed E-state index contributed by atoms with van der Waals surface area (Å²) in [6.45, 7) is 6.67. The first-order valence-electron chi connectivity index (χ1n) is 7.16. The van der Waals surface area contributed by atoms with Gasteiger partial charge in [0, 0.05) is 5.92 Å². The van der Waals surface area contributed by atoms with E-state index in [-0.39, 0.29) is 11.9 Å². The van der Waals surface area contributed by atoms with E-state index < -0.39 is 0 Å². The summed E-state index contributed by atoms with van der Waals surface area (Å²) in [7, 11) is 0. The van der Waals surface area contributed by atoms with E-state index in [1.807, 2.05) is 37.3 Å². The molecule has 0 fully saturated rings. The van der Waals surface area contributed by atoms with Crippen molar-refractivity contribution in [1.29, 1.82) is 0 Å². The largest absolute Gasteiger partial charge is 0.465 e. The molecule has 0 N–H and O–H groups in total. The molecular weight excluding hydrogens is 248 g/mol. The average molecular weight is 272 g/mol. The Kier molecular flexibility index (Phi) is 7.41. The highest BCUT2D eigenvalue weighted by atomic mass is 16.5. The van der Waals surface area contributed by atoms with Crippen LogP contribution in [0.15, 0.2) is 54.1 Å². The van der Waals surface area contributed by atoms with E-state index in [9.17, 15) is 4.79 Å². The quantitative estimate of drug-likeness (QED) is 0.546. The highest BCUT2D eigenvalue weighted by Crippen LogP contribution is 2.05. The van der Waals surface area contributed by atoms with Crippen LogP contribution in [0.2, 0.25) is 0 Å². The zero-order valence-electron chi connectivity index (χ0n) is 12.6. The Morgan fingerprint density at radius 1 is 1.30 bits per heavy atom. The smallest absolute Gasteiger partial charge is 0.310 e. The lowest BCUT2D eigenvalue weighted by molar-refractivity contribution is -0.143. The van der Waals surface area contributed by atoms with Gasteiger partial charge in [0.25, 0.3) is 0 Å². The van der Waals surface area contributed by atoms with Crippen molar-refractivity contribution >= 4 is 5.97 Å². The van der Waals surface area contributed by atoms with Crippen molar-refractivity contribution in [1.82, 2.24) is 0 Å². The summed E-state index contributed by atoms with van der Waals surface area (Å²) in [5.41, 5.74) is 2.23. The molecule has 0 aliphatic rings. The molecule has 1 atom stereocenters. The first-order chi connectivity index (χ1) is 9.61. The Morgan fingerprint density at radius 2 is 2.00 bits per heavy atom. The van der Waals surface area contributed by atoms with Gasteiger partial charge in [-0.1, -0.05) is 68.0 Å². The van der Waals surface area contributed by atoms with Crippen molar-refractivity contribution in [3.8, 4) is 0 Å². The molecule has 0 saturated carbocycles. The molecule has 0 saturated heterocycles. The van der Waals surface area contributed by atoms with Crippen LogP contribution in [0.4, 0.5) is 0 Å². The summed E-state index contributed by atoms with van der Waals surface area (Å²) in [6, 6.07) is 9.66. The molecule has 0 aliphatic carbocycles. The molecule has 2 nitrogen and oxygen atoms in total. The molecule has 1 aromatic carbocycles. The van der Waals surface area contributed by atoms with Gasteiger partial charge in [-0.2, -0.15) is 0 Å². The van der Waals surface area contributed by atoms with E-state index in [1.165, 1.54) is 5.57 Å². The molecule has 2 heteroatoms. The van der Waals surface area contributed by atoms with Gasteiger partial charge in [0.15, 0.2) is 0 Å². The Balaban J connectivity index is 2.32. The van der Waals surface area contributed by atoms with Gasteiger partial charge in [-0.3, -0.25) is 4.79 Å². The molecule has 0 aromatic heterocycles. The SMILES string of the molecule is CC/C=C(C)/C=C/C(C)COC(=O)Cc1ccccc1. The Bertz CT molecular complexity index is 458. The van der Waals surface area contributed by atoms with Gasteiger partial charge in [-0.25, -0.2) is 0 Å². The summed E-state index contributed by atoms with van der Waals surface area (Å²) in [5, 5.41) is 0. The van der Waals surface area contributed by atoms with Crippen LogP contribution < -0.4 is 0 Å². The van der Waals surface area contributed by atoms with E-state index in [2.05, 4.69) is 32.1 Å². The number of esters is 1. The second-order valence-corrected chi connectivity index (χ2v) is 5.04. The van der Waals surface area contributed by atoms with Crippen LogP contribution in [0.3, 0.4) is 0 Å². The highest BCUT2D eigenvalue weighted by Gasteiger charge is 2.06. The minimum Gasteiger partial charge on any atom is -0.465 e. The molecule has 0 aliphatic heterocycles. The van der Waals surface area contributed by atoms with Gasteiger partial charge in [0.1, 0.15) is 0 Å². The normalized spacial score (nSPS) is 13.4. The van der Waals surface area contributed by atoms with Gasteiger partial charge >= 0.3 is 5.97 Å². The number of ether oxygens (including phenoxy) is 1. The van der Waals surface area contributed by atoms with Crippen LogP contribution >= 0.6 is 0 Å². The van der Waals surface area contributed by atoms with E-state index in [4.69, 9.17) is 4.74 Å². The van der Waals surface area contributed by atoms with Gasteiger partial charge in [-0.15, -0.1) is 0 Å². The second-order valence-electron chi connectivity index (χ2n) is 5.04. The van der Waals surface area contributed by atoms with Crippen LogP contribution in [0.5, 0.6) is 0 Å². The lowest BCUT2D eigenvalue weighted by Gasteiger charge is -2.08. The maximum atomic E-state index is 11.7. The standard InChI is InChI=1S/C18H24O2/c1-4-8-15(2)11-12-16(3)14-20-18(19)13-17-9-6-5-7-10-17/h5-12,16H,4,13-14H2,1-3H3/b12-11+,15-8+. The lowest BCUT2D eigenvalue weighted by atomic mass is 10.1. The molecular formula is C18H24O2. The summed E-state index contributed by atoms with van der Waals surface area (Å²) in [6.07, 6.45) is 7.71. The van der Waals surface area contributed by atoms with Gasteiger partial charge in [0.05, 0.1) is 13.0 Å². The van der Waals surface area contributed by atoms with Crippen LogP contribution in [0, 0.1) is 5.92 Å². The molecule has 1 unspecified atom stereocenters. The van der Waals surface area contributed by atoms with Crippen molar-refractivity contribution in [2.45, 2.75) is 33.6 Å². The monoisotopic (exact) mass is 272 g/mol. The van der Waals surface area contributed by atoms with Crippen molar-refractivity contribution in [2.24, 2.45) is 5.92 Å². The van der Waals surface area contributed by atoms with Gasteiger partial charge in [-0.05, 0) is 18.9 Å². The summed E-state index contributed by atoms with van der Waals surface area (Å²) in [4.78, 5) is 11.7. The number of benzene rings is 1. The van der Waals surface area contributed by atoms with E-state index in [0.29, 0.717) is 13.0 Å². The van der Waals surface area contributed by atoms with Crippen LogP contribution in [-0.2, 0) is 16.0 Å². The Labute approximate surface area is 122 Å². The van der Waals surface area contributed by atoms with E-state index in [0.717, 1.165) is 12.0 Å². The molecule has 0 spiro atoms. The minimum atomic E-state index is -0.169. The molecule has 0 heterocycles. The third-order valence-corrected chi connectivity index (χ3v) is 2.91. The lowest BCUT2D eigenvalue weighted by Crippen LogP contribution is -2.12. The third kappa shape index (κ3) is 6.93. The van der Waals surface area contributed by atoms with E-state index in [1.54, 1.807) is 0 Å². The van der Waals surface area contributed by atoms with Crippen molar-refractivity contribution in [3.63, 3.8) is 0 Å². The third-order valence-electron chi connectivity index (χ3n) is 2.91. The zero-order valence-corrected chi connectivity index (χ0v) is 12.6. The van der Waals surface area contributed by atoms with Crippen LogP contribution in [-0.4, -0.2) is 12.6 Å². The predicted molar refractivity (Wildman–Crippen MR) is 83.5 cm³/mol. The summed E-state index contributed by atoms with van der Waals surface area (Å²) < 4.78 is 5.29. The van der Waals surface area contributed by atoms with Crippen molar-refractivity contribution in [3.05, 3.63) is 59.7 Å². The second kappa shape index (κ2) is 9.13. The topological polar surface area (TPSA) is 26.3 Å². The number of rotatable bonds is 7. The van der Waals surface area contributed by atoms with Crippen LogP contribution in [0.1, 0.15) is 32.8 Å².